The summed E-state index contributed by atoms with van der Waals surface area (Å²) < 4.78 is 0. The number of aliphatic imine (C=N–C) groups is 1. The van der Waals surface area contributed by atoms with Crippen molar-refractivity contribution in [1.82, 2.24) is 0 Å². The summed E-state index contributed by atoms with van der Waals surface area (Å²) in [5, 5.41) is 0. The molecule has 0 N–H and O–H groups in total. The molecule has 0 unspecified atom stereocenters. The van der Waals surface area contributed by atoms with Crippen LogP contribution in [0.2, 0.25) is 0 Å². The van der Waals surface area contributed by atoms with E-state index in [0.29, 0.717) is 12.1 Å². The largest absolute Gasteiger partial charge is 0.303 e. The lowest BCUT2D eigenvalue weighted by Gasteiger charge is -1.88. The van der Waals surface area contributed by atoms with Gasteiger partial charge in [-0.3, -0.25) is 4.99 Å². The minimum atomic E-state index is 0.341. The van der Waals surface area contributed by atoms with Crippen LogP contribution in [0.3, 0.4) is 0 Å². The first-order valence-corrected chi connectivity index (χ1v) is 4.09. The van der Waals surface area contributed by atoms with Crippen LogP contribution in [0.5, 0.6) is 0 Å². The highest BCUT2D eigenvalue weighted by atomic mass is 16.1. The zero-order valence-corrected chi connectivity index (χ0v) is 8.08. The average molecular weight is 167 g/mol. The van der Waals surface area contributed by atoms with Crippen molar-refractivity contribution in [2.24, 2.45) is 4.99 Å². The zero-order valence-electron chi connectivity index (χ0n) is 8.08. The van der Waals surface area contributed by atoms with Gasteiger partial charge in [0.15, 0.2) is 0 Å². The topological polar surface area (TPSA) is 29.4 Å². The minimum Gasteiger partial charge on any atom is -0.303 e. The minimum absolute atomic E-state index is 0.341. The highest BCUT2D eigenvalue weighted by Gasteiger charge is 1.87. The van der Waals surface area contributed by atoms with E-state index in [4.69, 9.17) is 0 Å². The van der Waals surface area contributed by atoms with Gasteiger partial charge in [-0.25, -0.2) is 0 Å². The molecule has 0 radical (unpaired) electrons. The average Bonchev–Trinajstić information content (AvgIpc) is 2.15. The molecule has 0 aliphatic rings. The summed E-state index contributed by atoms with van der Waals surface area (Å²) in [6.07, 6.45) is 6.17. The molecule has 68 valence electrons. The molecule has 0 aliphatic carbocycles. The molecule has 0 bridgehead atoms. The molecule has 0 aliphatic heterocycles. The highest BCUT2D eigenvalue weighted by Crippen LogP contribution is 1.86. The van der Waals surface area contributed by atoms with Crippen molar-refractivity contribution in [3.05, 3.63) is 24.9 Å². The molecule has 0 rings (SSSR count). The summed E-state index contributed by atoms with van der Waals surface area (Å²) in [7, 11) is 0. The molecule has 0 fully saturated rings. The molecule has 0 saturated heterocycles. The van der Waals surface area contributed by atoms with Crippen molar-refractivity contribution in [2.45, 2.75) is 27.2 Å². The second-order valence-electron chi connectivity index (χ2n) is 1.68. The predicted molar refractivity (Wildman–Crippen MR) is 54.5 cm³/mol. The van der Waals surface area contributed by atoms with E-state index in [1.54, 1.807) is 18.4 Å². The van der Waals surface area contributed by atoms with Crippen molar-refractivity contribution in [1.29, 1.82) is 0 Å². The molecule has 0 aromatic carbocycles. The zero-order chi connectivity index (χ0) is 9.82. The van der Waals surface area contributed by atoms with Crippen LogP contribution in [0.1, 0.15) is 27.2 Å². The summed E-state index contributed by atoms with van der Waals surface area (Å²) in [5.74, 6) is 0. The van der Waals surface area contributed by atoms with E-state index in [1.807, 2.05) is 20.8 Å². The maximum atomic E-state index is 9.98. The number of carbonyl (C=O) groups is 1. The van der Waals surface area contributed by atoms with Crippen LogP contribution >= 0.6 is 0 Å². The third-order valence-electron chi connectivity index (χ3n) is 0.918. The van der Waals surface area contributed by atoms with Crippen LogP contribution in [0.4, 0.5) is 0 Å². The van der Waals surface area contributed by atoms with Crippen LogP contribution in [-0.4, -0.2) is 12.0 Å². The van der Waals surface area contributed by atoms with Crippen LogP contribution in [0.15, 0.2) is 29.9 Å². The number of carbonyl (C=O) groups excluding carboxylic acids is 1. The Bertz CT molecular complexity index is 169. The summed E-state index contributed by atoms with van der Waals surface area (Å²) in [5.41, 5.74) is 0.702. The Morgan fingerprint density at radius 1 is 1.50 bits per heavy atom. The van der Waals surface area contributed by atoms with Crippen molar-refractivity contribution < 1.29 is 4.79 Å². The van der Waals surface area contributed by atoms with Gasteiger partial charge in [0.2, 0.25) is 0 Å². The summed E-state index contributed by atoms with van der Waals surface area (Å²) in [6, 6.07) is 0. The fraction of sp³-hybridized carbons (Fsp3) is 0.400. The van der Waals surface area contributed by atoms with Gasteiger partial charge in [0.05, 0.1) is 0 Å². The molecule has 0 heterocycles. The van der Waals surface area contributed by atoms with Crippen LogP contribution in [-0.2, 0) is 4.79 Å². The predicted octanol–water partition coefficient (Wildman–Crippen LogP) is 2.76. The lowest BCUT2D eigenvalue weighted by molar-refractivity contribution is -0.106. The molecule has 0 atom stereocenters. The van der Waals surface area contributed by atoms with Gasteiger partial charge in [0.25, 0.3) is 0 Å². The maximum Gasteiger partial charge on any atom is 0.125 e. The molecule has 2 nitrogen and oxygen atoms in total. The van der Waals surface area contributed by atoms with E-state index in [1.165, 1.54) is 0 Å². The summed E-state index contributed by atoms with van der Waals surface area (Å²) >= 11 is 0. The van der Waals surface area contributed by atoms with Crippen molar-refractivity contribution in [3.63, 3.8) is 0 Å². The van der Waals surface area contributed by atoms with Crippen LogP contribution in [0, 0.1) is 0 Å². The van der Waals surface area contributed by atoms with Gasteiger partial charge in [-0.15, -0.1) is 0 Å². The molecule has 0 aromatic heterocycles. The Balaban J connectivity index is 0. The SMILES string of the molecule is C=CC(CC=O)=N/C=C\C.CC. The van der Waals surface area contributed by atoms with E-state index in [0.717, 1.165) is 6.29 Å². The number of nitrogens with zero attached hydrogens (tertiary/aromatic N) is 1. The fourth-order valence-electron chi connectivity index (χ4n) is 0.444. The van der Waals surface area contributed by atoms with Gasteiger partial charge in [-0.2, -0.15) is 0 Å². The molecule has 0 spiro atoms. The van der Waals surface area contributed by atoms with Crippen molar-refractivity contribution in [2.75, 3.05) is 0 Å². The molecular weight excluding hydrogens is 150 g/mol. The van der Waals surface area contributed by atoms with Gasteiger partial charge in [-0.1, -0.05) is 26.5 Å². The number of rotatable bonds is 4. The quantitative estimate of drug-likeness (QED) is 0.467. The number of hydrogen-bond acceptors (Lipinski definition) is 2. The van der Waals surface area contributed by atoms with Crippen molar-refractivity contribution in [3.8, 4) is 0 Å². The van der Waals surface area contributed by atoms with Gasteiger partial charge in [0, 0.05) is 18.3 Å². The lowest BCUT2D eigenvalue weighted by Crippen LogP contribution is -1.91. The summed E-state index contributed by atoms with van der Waals surface area (Å²) in [6.45, 7) is 9.38. The van der Waals surface area contributed by atoms with E-state index < -0.39 is 0 Å². The van der Waals surface area contributed by atoms with Gasteiger partial charge >= 0.3 is 0 Å². The second-order valence-corrected chi connectivity index (χ2v) is 1.68. The van der Waals surface area contributed by atoms with E-state index in [9.17, 15) is 4.79 Å². The second kappa shape index (κ2) is 12.5. The number of aldehydes is 1. The van der Waals surface area contributed by atoms with Gasteiger partial charge < -0.3 is 4.79 Å². The Morgan fingerprint density at radius 2 is 2.08 bits per heavy atom. The Hall–Kier alpha value is -1.18. The normalized spacial score (nSPS) is 10.4. The van der Waals surface area contributed by atoms with Gasteiger partial charge in [0.1, 0.15) is 6.29 Å². The van der Waals surface area contributed by atoms with E-state index in [-0.39, 0.29) is 0 Å². The summed E-state index contributed by atoms with van der Waals surface area (Å²) in [4.78, 5) is 13.9. The molecular formula is C10H17NO. The molecule has 12 heavy (non-hydrogen) atoms. The molecule has 0 saturated carbocycles. The molecule has 0 amide bonds. The molecule has 0 aromatic rings. The molecule has 2 heteroatoms. The number of hydrogen-bond donors (Lipinski definition) is 0. The standard InChI is InChI=1S/C8H11NO.C2H6/c1-3-6-9-8(4-2)5-7-10;1-2/h3-4,6-7H,2,5H2,1H3;1-2H3/b6-3-,9-8?;. The Kier molecular flexibility index (Phi) is 14.0. The highest BCUT2D eigenvalue weighted by molar-refractivity contribution is 6.02. The van der Waals surface area contributed by atoms with Crippen molar-refractivity contribution >= 4 is 12.0 Å². The first kappa shape index (κ1) is 13.4. The smallest absolute Gasteiger partial charge is 0.125 e. The Morgan fingerprint density at radius 3 is 2.42 bits per heavy atom. The third kappa shape index (κ3) is 8.82. The third-order valence-corrected chi connectivity index (χ3v) is 0.918. The lowest BCUT2D eigenvalue weighted by atomic mass is 10.3. The number of allylic oxidation sites excluding steroid dienone is 2. The van der Waals surface area contributed by atoms with Gasteiger partial charge in [-0.05, 0) is 13.0 Å². The van der Waals surface area contributed by atoms with E-state index >= 15 is 0 Å². The maximum absolute atomic E-state index is 9.98. The monoisotopic (exact) mass is 167 g/mol. The van der Waals surface area contributed by atoms with E-state index in [2.05, 4.69) is 11.6 Å². The fourth-order valence-corrected chi connectivity index (χ4v) is 0.444. The first-order chi connectivity index (χ1) is 5.85. The first-order valence-electron chi connectivity index (χ1n) is 4.09. The van der Waals surface area contributed by atoms with Crippen LogP contribution in [0.25, 0.3) is 0 Å². The van der Waals surface area contributed by atoms with Crippen LogP contribution < -0.4 is 0 Å². The Labute approximate surface area is 74.7 Å².